The second-order valence-electron chi connectivity index (χ2n) is 15.5. The molecule has 1 unspecified atom stereocenters. The van der Waals surface area contributed by atoms with E-state index < -0.39 is 39.6 Å². The van der Waals surface area contributed by atoms with Gasteiger partial charge in [0, 0.05) is 49.1 Å². The zero-order valence-corrected chi connectivity index (χ0v) is 30.9. The summed E-state index contributed by atoms with van der Waals surface area (Å²) in [5, 5.41) is 0.592. The van der Waals surface area contributed by atoms with Gasteiger partial charge in [-0.05, 0) is 114 Å². The van der Waals surface area contributed by atoms with E-state index in [1.807, 2.05) is 26.0 Å². The Morgan fingerprint density at radius 3 is 2.51 bits per heavy atom. The van der Waals surface area contributed by atoms with Crippen LogP contribution in [0.15, 0.2) is 42.5 Å². The van der Waals surface area contributed by atoms with E-state index in [4.69, 9.17) is 26.8 Å². The molecule has 3 aliphatic heterocycles. The zero-order chi connectivity index (χ0) is 35.7. The largest absolute Gasteiger partial charge is 0.444 e. The molecule has 3 heterocycles. The number of hydrogen-bond donors (Lipinski definition) is 1. The fraction of sp³-hybridized carbons (Fsp3) is 0.622. The number of sulfonamides is 1. The van der Waals surface area contributed by atoms with Gasteiger partial charge >= 0.3 is 6.09 Å². The van der Waals surface area contributed by atoms with Gasteiger partial charge in [-0.25, -0.2) is 17.6 Å². The lowest BCUT2D eigenvalue weighted by Gasteiger charge is -2.44. The zero-order valence-electron chi connectivity index (χ0n) is 29.3. The van der Waals surface area contributed by atoms with Gasteiger partial charge in [0.2, 0.25) is 10.0 Å². The van der Waals surface area contributed by atoms with Gasteiger partial charge < -0.3 is 20.1 Å². The van der Waals surface area contributed by atoms with Crippen molar-refractivity contribution in [2.45, 2.75) is 115 Å². The summed E-state index contributed by atoms with van der Waals surface area (Å²) in [6.45, 7) is 10.4. The molecule has 0 aromatic heterocycles. The lowest BCUT2D eigenvalue weighted by atomic mass is 9.72. The van der Waals surface area contributed by atoms with Crippen LogP contribution in [0.5, 0.6) is 0 Å². The molecular formula is C37H51ClFN3O6S. The van der Waals surface area contributed by atoms with Crippen LogP contribution in [0.3, 0.4) is 0 Å². The molecule has 3 saturated heterocycles. The van der Waals surface area contributed by atoms with Crippen LogP contribution in [-0.2, 0) is 37.1 Å². The molecule has 2 N–H and O–H groups in total. The number of Topliss-reactive ketones (excluding diaryl/α,β-unsaturated/α-hetero) is 1. The standard InChI is InChI=1S/C37H51ClFN3O6S/c1-36(2,3)48-35(44)41-22-29(42-23-28(41)9-7-19-49(42,45)46)15-16-30-25(8-6-10-31(30)39)20-32(43)34(40)33(24-11-13-27(38)14-12-24)26-17-18-47-37(4,5)21-26/h6,8,10-14,26,28-29,33-34H,7,9,15-23,40H2,1-5H3/t26-,28+,29-,33-,34+/m0/s1. The number of amides is 1. The summed E-state index contributed by atoms with van der Waals surface area (Å²) in [6.07, 6.45) is 2.40. The summed E-state index contributed by atoms with van der Waals surface area (Å²) >= 11 is 6.20. The van der Waals surface area contributed by atoms with Crippen molar-refractivity contribution in [3.8, 4) is 0 Å². The number of hydrogen-bond acceptors (Lipinski definition) is 7. The smallest absolute Gasteiger partial charge is 0.410 e. The van der Waals surface area contributed by atoms with Crippen LogP contribution in [-0.4, -0.2) is 84.3 Å². The molecule has 0 saturated carbocycles. The van der Waals surface area contributed by atoms with Crippen LogP contribution in [0.25, 0.3) is 0 Å². The third-order valence-corrected chi connectivity index (χ3v) is 12.4. The first-order valence-corrected chi connectivity index (χ1v) is 19.4. The number of carbonyl (C=O) groups is 2. The molecular weight excluding hydrogens is 669 g/mol. The first-order valence-electron chi connectivity index (χ1n) is 17.4. The monoisotopic (exact) mass is 719 g/mol. The summed E-state index contributed by atoms with van der Waals surface area (Å²) in [4.78, 5) is 28.9. The van der Waals surface area contributed by atoms with Crippen molar-refractivity contribution in [3.05, 3.63) is 70.0 Å². The van der Waals surface area contributed by atoms with Gasteiger partial charge in [-0.3, -0.25) is 4.79 Å². The summed E-state index contributed by atoms with van der Waals surface area (Å²) in [5.41, 5.74) is 7.58. The van der Waals surface area contributed by atoms with Crippen molar-refractivity contribution < 1.29 is 31.9 Å². The average Bonchev–Trinajstić information content (AvgIpc) is 3.13. The first kappa shape index (κ1) is 37.7. The minimum Gasteiger partial charge on any atom is -0.444 e. The number of fused-ring (bicyclic) bond motifs is 2. The Hall–Kier alpha value is -2.57. The number of ketones is 1. The molecule has 49 heavy (non-hydrogen) atoms. The molecule has 0 aliphatic carbocycles. The van der Waals surface area contributed by atoms with Gasteiger partial charge in [0.05, 0.1) is 17.4 Å². The van der Waals surface area contributed by atoms with Crippen molar-refractivity contribution in [2.75, 3.05) is 25.4 Å². The molecule has 5 rings (SSSR count). The predicted octanol–water partition coefficient (Wildman–Crippen LogP) is 6.25. The molecule has 2 bridgehead atoms. The third kappa shape index (κ3) is 9.22. The summed E-state index contributed by atoms with van der Waals surface area (Å²) in [7, 11) is -3.56. The summed E-state index contributed by atoms with van der Waals surface area (Å²) in [5.74, 6) is -0.862. The van der Waals surface area contributed by atoms with E-state index in [1.54, 1.807) is 49.9 Å². The fourth-order valence-corrected chi connectivity index (χ4v) is 9.73. The maximum Gasteiger partial charge on any atom is 0.410 e. The highest BCUT2D eigenvalue weighted by Crippen LogP contribution is 2.40. The average molecular weight is 720 g/mol. The normalized spacial score (nSPS) is 26.3. The van der Waals surface area contributed by atoms with E-state index in [2.05, 4.69) is 0 Å². The van der Waals surface area contributed by atoms with Gasteiger partial charge in [0.25, 0.3) is 0 Å². The fourth-order valence-electron chi connectivity index (χ4n) is 7.82. The number of nitrogens with zero attached hydrogens (tertiary/aromatic N) is 2. The van der Waals surface area contributed by atoms with Crippen LogP contribution in [0, 0.1) is 11.7 Å². The van der Waals surface area contributed by atoms with Crippen molar-refractivity contribution in [1.29, 1.82) is 0 Å². The Morgan fingerprint density at radius 1 is 1.12 bits per heavy atom. The van der Waals surface area contributed by atoms with Crippen molar-refractivity contribution >= 4 is 33.5 Å². The van der Waals surface area contributed by atoms with Crippen molar-refractivity contribution in [1.82, 2.24) is 9.21 Å². The molecule has 2 aromatic carbocycles. The molecule has 9 nitrogen and oxygen atoms in total. The lowest BCUT2D eigenvalue weighted by molar-refractivity contribution is -0.122. The van der Waals surface area contributed by atoms with Crippen molar-refractivity contribution in [3.63, 3.8) is 0 Å². The SMILES string of the molecule is CC(C)(C)OC(=O)N1C[C@H](CCc2c(F)cccc2CC(=O)[C@@H](N)[C@@H](c2ccc(Cl)cc2)[C@H]2CCOC(C)(C)C2)N2C[C@H]1CCCS2(=O)=O. The number of carbonyl (C=O) groups excluding carboxylic acids is 2. The molecule has 0 radical (unpaired) electrons. The highest BCUT2D eigenvalue weighted by Gasteiger charge is 2.45. The Kier molecular flexibility index (Phi) is 11.5. The van der Waals surface area contributed by atoms with Crippen LogP contribution in [0.4, 0.5) is 9.18 Å². The Balaban J connectivity index is 1.37. The van der Waals surface area contributed by atoms with Gasteiger partial charge in [-0.2, -0.15) is 4.31 Å². The third-order valence-electron chi connectivity index (χ3n) is 10.1. The van der Waals surface area contributed by atoms with E-state index in [-0.39, 0.29) is 67.4 Å². The minimum absolute atomic E-state index is 0.00140. The molecule has 0 spiro atoms. The quantitative estimate of drug-likeness (QED) is 0.325. The number of rotatable bonds is 9. The maximum absolute atomic E-state index is 15.6. The highest BCUT2D eigenvalue weighted by atomic mass is 35.5. The van der Waals surface area contributed by atoms with E-state index >= 15 is 4.39 Å². The number of ether oxygens (including phenoxy) is 2. The van der Waals surface area contributed by atoms with Crippen molar-refractivity contribution in [2.24, 2.45) is 11.7 Å². The van der Waals surface area contributed by atoms with Gasteiger partial charge in [0.15, 0.2) is 5.78 Å². The van der Waals surface area contributed by atoms with E-state index in [9.17, 15) is 18.0 Å². The van der Waals surface area contributed by atoms with Gasteiger partial charge in [-0.1, -0.05) is 35.9 Å². The highest BCUT2D eigenvalue weighted by molar-refractivity contribution is 7.89. The Morgan fingerprint density at radius 2 is 1.84 bits per heavy atom. The number of piperazine rings is 1. The second kappa shape index (κ2) is 15.0. The predicted molar refractivity (Wildman–Crippen MR) is 189 cm³/mol. The topological polar surface area (TPSA) is 119 Å². The molecule has 6 atom stereocenters. The van der Waals surface area contributed by atoms with Gasteiger partial charge in [-0.15, -0.1) is 0 Å². The number of halogens is 2. The van der Waals surface area contributed by atoms with Crippen LogP contribution >= 0.6 is 11.6 Å². The lowest BCUT2D eigenvalue weighted by Crippen LogP contribution is -2.60. The summed E-state index contributed by atoms with van der Waals surface area (Å²) in [6, 6.07) is 10.4. The summed E-state index contributed by atoms with van der Waals surface area (Å²) < 4.78 is 55.3. The van der Waals surface area contributed by atoms with Gasteiger partial charge in [0.1, 0.15) is 11.4 Å². The molecule has 3 aliphatic rings. The Bertz CT molecular complexity index is 1610. The number of nitrogens with two attached hydrogens (primary N) is 1. The Labute approximate surface area is 295 Å². The molecule has 2 aromatic rings. The van der Waals surface area contributed by atoms with Crippen LogP contribution < -0.4 is 5.73 Å². The van der Waals surface area contributed by atoms with Crippen LogP contribution in [0.2, 0.25) is 5.02 Å². The van der Waals surface area contributed by atoms with Crippen LogP contribution in [0.1, 0.15) is 89.3 Å². The first-order chi connectivity index (χ1) is 22.9. The van der Waals surface area contributed by atoms with E-state index in [0.29, 0.717) is 35.6 Å². The molecule has 3 fully saturated rings. The maximum atomic E-state index is 15.6. The van der Waals surface area contributed by atoms with E-state index in [0.717, 1.165) is 18.4 Å². The second-order valence-corrected chi connectivity index (χ2v) is 18.0. The minimum atomic E-state index is -3.56. The molecule has 270 valence electrons. The number of benzene rings is 2. The van der Waals surface area contributed by atoms with E-state index in [1.165, 1.54) is 10.4 Å². The molecule has 1 amide bonds. The molecule has 12 heteroatoms.